The van der Waals surface area contributed by atoms with Gasteiger partial charge in [-0.2, -0.15) is 14.9 Å². The van der Waals surface area contributed by atoms with Gasteiger partial charge in [0.15, 0.2) is 5.75 Å². The van der Waals surface area contributed by atoms with E-state index < -0.39 is 0 Å². The van der Waals surface area contributed by atoms with E-state index in [-0.39, 0.29) is 6.61 Å². The van der Waals surface area contributed by atoms with Gasteiger partial charge in [-0.05, 0) is 43.4 Å². The molecule has 0 atom stereocenters. The quantitative estimate of drug-likeness (QED) is 0.516. The van der Waals surface area contributed by atoms with Crippen LogP contribution in [0.2, 0.25) is 10.0 Å². The molecule has 0 bridgehead atoms. The normalized spacial score (nSPS) is 11.3. The summed E-state index contributed by atoms with van der Waals surface area (Å²) in [6.07, 6.45) is 1.55. The molecule has 0 aliphatic rings. The third-order valence-corrected chi connectivity index (χ3v) is 3.93. The highest BCUT2D eigenvalue weighted by molar-refractivity contribution is 7.71. The Bertz CT molecular complexity index is 925. The number of aromatic amines is 1. The van der Waals surface area contributed by atoms with Gasteiger partial charge in [0, 0.05) is 0 Å². The third kappa shape index (κ3) is 3.69. The van der Waals surface area contributed by atoms with Crippen molar-refractivity contribution in [3.63, 3.8) is 0 Å². The Morgan fingerprint density at radius 1 is 1.33 bits per heavy atom. The molecule has 0 aliphatic heterocycles. The predicted octanol–water partition coefficient (Wildman–Crippen LogP) is 4.61. The number of furan rings is 1. The molecule has 124 valence electrons. The summed E-state index contributed by atoms with van der Waals surface area (Å²) in [5.41, 5.74) is 0. The maximum Gasteiger partial charge on any atom is 0.216 e. The summed E-state index contributed by atoms with van der Waals surface area (Å²) in [7, 11) is 0. The topological polar surface area (TPSA) is 68.3 Å². The second-order valence-electron chi connectivity index (χ2n) is 4.78. The van der Waals surface area contributed by atoms with Crippen LogP contribution < -0.4 is 4.74 Å². The predicted molar refractivity (Wildman–Crippen MR) is 94.6 cm³/mol. The number of nitrogens with one attached hydrogen (secondary N) is 1. The lowest BCUT2D eigenvalue weighted by Gasteiger charge is -2.07. The van der Waals surface area contributed by atoms with Crippen molar-refractivity contribution < 1.29 is 9.15 Å². The number of para-hydroxylation sites is 1. The highest BCUT2D eigenvalue weighted by Gasteiger charge is 2.08. The largest absolute Gasteiger partial charge is 0.483 e. The van der Waals surface area contributed by atoms with Crippen molar-refractivity contribution in [2.24, 2.45) is 5.10 Å². The fourth-order valence-corrected chi connectivity index (χ4v) is 2.66. The Kier molecular flexibility index (Phi) is 5.03. The summed E-state index contributed by atoms with van der Waals surface area (Å²) in [6, 6.07) is 8.73. The molecule has 0 saturated carbocycles. The van der Waals surface area contributed by atoms with E-state index in [1.807, 2.05) is 0 Å². The standard InChI is InChI=1S/C15H12Cl2N4O2S/c1-9-19-20-15(24)21(9)18-7-10-5-6-11(23-10)8-22-14-12(16)3-2-4-13(14)17/h2-7H,8H2,1H3,(H,20,24)/b18-7-. The Balaban J connectivity index is 1.69. The first-order valence-corrected chi connectivity index (χ1v) is 8.05. The first kappa shape index (κ1) is 16.8. The number of benzene rings is 1. The minimum Gasteiger partial charge on any atom is -0.483 e. The molecule has 3 aromatic rings. The van der Waals surface area contributed by atoms with E-state index in [0.717, 1.165) is 0 Å². The second-order valence-corrected chi connectivity index (χ2v) is 5.98. The minimum atomic E-state index is 0.196. The zero-order valence-corrected chi connectivity index (χ0v) is 14.8. The molecule has 9 heteroatoms. The van der Waals surface area contributed by atoms with Crippen LogP contribution >= 0.6 is 35.4 Å². The molecule has 0 amide bonds. The van der Waals surface area contributed by atoms with Crippen molar-refractivity contribution in [1.82, 2.24) is 14.9 Å². The molecule has 0 aliphatic carbocycles. The van der Waals surface area contributed by atoms with E-state index in [1.165, 1.54) is 4.68 Å². The number of aromatic nitrogens is 3. The van der Waals surface area contributed by atoms with Crippen molar-refractivity contribution in [1.29, 1.82) is 0 Å². The lowest BCUT2D eigenvalue weighted by atomic mass is 10.3. The average molecular weight is 383 g/mol. The summed E-state index contributed by atoms with van der Waals surface area (Å²) in [4.78, 5) is 0. The Morgan fingerprint density at radius 3 is 2.75 bits per heavy atom. The average Bonchev–Trinajstić information content (AvgIpc) is 3.12. The maximum atomic E-state index is 6.05. The van der Waals surface area contributed by atoms with E-state index in [0.29, 0.717) is 37.9 Å². The molecule has 0 spiro atoms. The number of ether oxygens (including phenoxy) is 1. The molecule has 0 saturated heterocycles. The maximum absolute atomic E-state index is 6.05. The molecule has 6 nitrogen and oxygen atoms in total. The van der Waals surface area contributed by atoms with Crippen LogP contribution in [-0.4, -0.2) is 21.1 Å². The first-order chi connectivity index (χ1) is 11.5. The molecule has 3 rings (SSSR count). The molecule has 0 radical (unpaired) electrons. The van der Waals surface area contributed by atoms with Crippen LogP contribution in [0.5, 0.6) is 5.75 Å². The number of nitrogens with zero attached hydrogens (tertiary/aromatic N) is 3. The third-order valence-electron chi connectivity index (χ3n) is 3.07. The van der Waals surface area contributed by atoms with Crippen LogP contribution in [0.3, 0.4) is 0 Å². The van der Waals surface area contributed by atoms with E-state index in [4.69, 9.17) is 44.6 Å². The van der Waals surface area contributed by atoms with Crippen LogP contribution in [0.25, 0.3) is 0 Å². The van der Waals surface area contributed by atoms with Gasteiger partial charge >= 0.3 is 0 Å². The van der Waals surface area contributed by atoms with Crippen molar-refractivity contribution in [2.45, 2.75) is 13.5 Å². The number of rotatable bonds is 5. The number of hydrogen-bond acceptors (Lipinski definition) is 5. The molecule has 24 heavy (non-hydrogen) atoms. The molecule has 0 fully saturated rings. The Morgan fingerprint density at radius 2 is 2.08 bits per heavy atom. The van der Waals surface area contributed by atoms with Crippen molar-refractivity contribution >= 4 is 41.6 Å². The van der Waals surface area contributed by atoms with Crippen LogP contribution in [0.15, 0.2) is 39.9 Å². The van der Waals surface area contributed by atoms with Crippen molar-refractivity contribution in [3.8, 4) is 5.75 Å². The molecular formula is C15H12Cl2N4O2S. The van der Waals surface area contributed by atoms with Gasteiger partial charge in [-0.1, -0.05) is 29.3 Å². The van der Waals surface area contributed by atoms with Crippen LogP contribution in [0.1, 0.15) is 17.3 Å². The molecule has 1 aromatic carbocycles. The minimum absolute atomic E-state index is 0.196. The van der Waals surface area contributed by atoms with E-state index in [2.05, 4.69) is 15.3 Å². The molecule has 1 N–H and O–H groups in total. The Hall–Kier alpha value is -2.09. The number of H-pyrrole nitrogens is 1. The summed E-state index contributed by atoms with van der Waals surface area (Å²) in [5.74, 6) is 2.24. The number of halogens is 2. The monoisotopic (exact) mass is 382 g/mol. The summed E-state index contributed by atoms with van der Waals surface area (Å²) < 4.78 is 13.1. The zero-order chi connectivity index (χ0) is 17.1. The van der Waals surface area contributed by atoms with Gasteiger partial charge < -0.3 is 9.15 Å². The highest BCUT2D eigenvalue weighted by Crippen LogP contribution is 2.32. The summed E-state index contributed by atoms with van der Waals surface area (Å²) in [6.45, 7) is 1.99. The van der Waals surface area contributed by atoms with Gasteiger partial charge in [0.05, 0.1) is 16.3 Å². The SMILES string of the molecule is Cc1n[nH]c(=S)n1/N=C\c1ccc(COc2c(Cl)cccc2Cl)o1. The lowest BCUT2D eigenvalue weighted by molar-refractivity contribution is 0.270. The molecule has 2 heterocycles. The molecular weight excluding hydrogens is 371 g/mol. The van der Waals surface area contributed by atoms with Crippen molar-refractivity contribution in [2.75, 3.05) is 0 Å². The van der Waals surface area contributed by atoms with Gasteiger partial charge in [0.25, 0.3) is 0 Å². The van der Waals surface area contributed by atoms with E-state index >= 15 is 0 Å². The first-order valence-electron chi connectivity index (χ1n) is 6.88. The molecule has 2 aromatic heterocycles. The van der Waals surface area contributed by atoms with Gasteiger partial charge in [-0.3, -0.25) is 5.10 Å². The fourth-order valence-electron chi connectivity index (χ4n) is 1.93. The number of hydrogen-bond donors (Lipinski definition) is 1. The summed E-state index contributed by atoms with van der Waals surface area (Å²) >= 11 is 17.2. The van der Waals surface area contributed by atoms with E-state index in [9.17, 15) is 0 Å². The fraction of sp³-hybridized carbons (Fsp3) is 0.133. The summed E-state index contributed by atoms with van der Waals surface area (Å²) in [5, 5.41) is 11.7. The smallest absolute Gasteiger partial charge is 0.216 e. The second kappa shape index (κ2) is 7.21. The van der Waals surface area contributed by atoms with E-state index in [1.54, 1.807) is 43.5 Å². The van der Waals surface area contributed by atoms with Crippen LogP contribution in [-0.2, 0) is 6.61 Å². The number of aryl methyl sites for hydroxylation is 1. The van der Waals surface area contributed by atoms with Crippen molar-refractivity contribution in [3.05, 3.63) is 62.5 Å². The molecule has 0 unspecified atom stereocenters. The van der Waals surface area contributed by atoms with Gasteiger partial charge in [0.1, 0.15) is 24.0 Å². The highest BCUT2D eigenvalue weighted by atomic mass is 35.5. The van der Waals surface area contributed by atoms with Gasteiger partial charge in [-0.25, -0.2) is 0 Å². The zero-order valence-electron chi connectivity index (χ0n) is 12.5. The van der Waals surface area contributed by atoms with Crippen LogP contribution in [0.4, 0.5) is 0 Å². The Labute approximate surface area is 152 Å². The van der Waals surface area contributed by atoms with Gasteiger partial charge in [-0.15, -0.1) is 0 Å². The lowest BCUT2D eigenvalue weighted by Crippen LogP contribution is -1.95. The van der Waals surface area contributed by atoms with Gasteiger partial charge in [0.2, 0.25) is 4.77 Å². The van der Waals surface area contributed by atoms with Crippen LogP contribution in [0, 0.1) is 11.7 Å².